The Morgan fingerprint density at radius 1 is 1.22 bits per heavy atom. The largest absolute Gasteiger partial charge is 0.493 e. The zero-order valence-electron chi connectivity index (χ0n) is 13.7. The van der Waals surface area contributed by atoms with Crippen LogP contribution in [-0.4, -0.2) is 49.4 Å². The zero-order valence-corrected chi connectivity index (χ0v) is 13.7. The minimum atomic E-state index is -0.169. The first-order chi connectivity index (χ1) is 11.1. The van der Waals surface area contributed by atoms with Crippen molar-refractivity contribution >= 4 is 16.9 Å². The Morgan fingerprint density at radius 2 is 1.96 bits per heavy atom. The fourth-order valence-electron chi connectivity index (χ4n) is 2.67. The van der Waals surface area contributed by atoms with E-state index in [2.05, 4.69) is 20.2 Å². The molecule has 0 atom stereocenters. The van der Waals surface area contributed by atoms with E-state index < -0.39 is 0 Å². The molecule has 1 saturated heterocycles. The van der Waals surface area contributed by atoms with Gasteiger partial charge in [-0.05, 0) is 19.9 Å². The van der Waals surface area contributed by atoms with Crippen LogP contribution in [0.3, 0.4) is 0 Å². The maximum absolute atomic E-state index is 12.4. The number of piperazine rings is 1. The average molecular weight is 318 g/mol. The Kier molecular flexibility index (Phi) is 4.38. The molecular weight excluding hydrogens is 296 g/mol. The van der Waals surface area contributed by atoms with E-state index in [1.165, 1.54) is 0 Å². The molecule has 7 nitrogen and oxygen atoms in total. The minimum absolute atomic E-state index is 0.0102. The molecule has 2 heterocycles. The first-order valence-corrected chi connectivity index (χ1v) is 7.83. The summed E-state index contributed by atoms with van der Waals surface area (Å²) in [7, 11) is 1.56. The van der Waals surface area contributed by atoms with Crippen molar-refractivity contribution < 1.29 is 9.47 Å². The summed E-state index contributed by atoms with van der Waals surface area (Å²) in [6.07, 6.45) is 0.0102. The molecule has 1 aliphatic heterocycles. The lowest BCUT2D eigenvalue weighted by molar-refractivity contribution is 0.230. The minimum Gasteiger partial charge on any atom is -0.493 e. The van der Waals surface area contributed by atoms with E-state index in [4.69, 9.17) is 9.47 Å². The van der Waals surface area contributed by atoms with Crippen LogP contribution in [0.25, 0.3) is 10.9 Å². The van der Waals surface area contributed by atoms with E-state index in [0.29, 0.717) is 28.4 Å². The number of rotatable bonds is 4. The summed E-state index contributed by atoms with van der Waals surface area (Å²) in [5.74, 6) is 1.73. The van der Waals surface area contributed by atoms with E-state index in [1.807, 2.05) is 13.8 Å². The molecular formula is C16H22N4O3. The molecule has 1 aromatic carbocycles. The summed E-state index contributed by atoms with van der Waals surface area (Å²) in [4.78, 5) is 22.0. The molecule has 23 heavy (non-hydrogen) atoms. The number of H-pyrrole nitrogens is 1. The molecule has 0 spiro atoms. The second-order valence-corrected chi connectivity index (χ2v) is 5.81. The predicted molar refractivity (Wildman–Crippen MR) is 89.8 cm³/mol. The summed E-state index contributed by atoms with van der Waals surface area (Å²) in [5.41, 5.74) is 0.441. The van der Waals surface area contributed by atoms with Gasteiger partial charge in [-0.25, -0.2) is 4.98 Å². The normalized spacial score (nSPS) is 15.2. The van der Waals surface area contributed by atoms with Crippen molar-refractivity contribution in [2.75, 3.05) is 38.2 Å². The van der Waals surface area contributed by atoms with Crippen LogP contribution in [0.2, 0.25) is 0 Å². The molecule has 1 aliphatic rings. The van der Waals surface area contributed by atoms with Gasteiger partial charge >= 0.3 is 0 Å². The van der Waals surface area contributed by atoms with Crippen LogP contribution >= 0.6 is 0 Å². The smallest absolute Gasteiger partial charge is 0.260 e. The van der Waals surface area contributed by atoms with Gasteiger partial charge in [0.25, 0.3) is 5.56 Å². The van der Waals surface area contributed by atoms with E-state index in [0.717, 1.165) is 26.2 Å². The molecule has 0 saturated carbocycles. The maximum atomic E-state index is 12.4. The lowest BCUT2D eigenvalue weighted by atomic mass is 10.2. The van der Waals surface area contributed by atoms with Gasteiger partial charge in [0, 0.05) is 32.2 Å². The third kappa shape index (κ3) is 3.24. The Bertz CT molecular complexity index is 751. The number of benzene rings is 1. The number of hydrogen-bond acceptors (Lipinski definition) is 6. The van der Waals surface area contributed by atoms with Crippen molar-refractivity contribution in [1.29, 1.82) is 0 Å². The molecule has 3 rings (SSSR count). The number of nitrogens with one attached hydrogen (secondary N) is 2. The molecule has 0 bridgehead atoms. The van der Waals surface area contributed by atoms with Crippen LogP contribution in [0.5, 0.6) is 11.5 Å². The summed E-state index contributed by atoms with van der Waals surface area (Å²) >= 11 is 0. The van der Waals surface area contributed by atoms with Crippen molar-refractivity contribution in [3.05, 3.63) is 22.5 Å². The first kappa shape index (κ1) is 15.6. The van der Waals surface area contributed by atoms with Crippen molar-refractivity contribution in [1.82, 2.24) is 15.3 Å². The molecule has 0 unspecified atom stereocenters. The monoisotopic (exact) mass is 318 g/mol. The SMILES string of the molecule is COc1cc2c(=O)[nH]c(N3CCNCC3)nc2cc1OC(C)C. The Hall–Kier alpha value is -2.28. The van der Waals surface area contributed by atoms with E-state index in [9.17, 15) is 4.79 Å². The Labute approximate surface area is 134 Å². The number of aromatic nitrogens is 2. The first-order valence-electron chi connectivity index (χ1n) is 7.83. The van der Waals surface area contributed by atoms with Gasteiger partial charge in [0.2, 0.25) is 5.95 Å². The molecule has 1 fully saturated rings. The van der Waals surface area contributed by atoms with Gasteiger partial charge in [0.1, 0.15) is 0 Å². The lowest BCUT2D eigenvalue weighted by Crippen LogP contribution is -2.44. The van der Waals surface area contributed by atoms with E-state index >= 15 is 0 Å². The molecule has 0 amide bonds. The standard InChI is InChI=1S/C16H22N4O3/c1-10(2)23-14-9-12-11(8-13(14)22-3)15(21)19-16(18-12)20-6-4-17-5-7-20/h8-10,17H,4-7H2,1-3H3,(H,18,19,21). The predicted octanol–water partition coefficient (Wildman–Crippen LogP) is 1.13. The topological polar surface area (TPSA) is 79.5 Å². The summed E-state index contributed by atoms with van der Waals surface area (Å²) in [6, 6.07) is 3.45. The molecule has 2 N–H and O–H groups in total. The average Bonchev–Trinajstić information content (AvgIpc) is 2.54. The Morgan fingerprint density at radius 3 is 2.61 bits per heavy atom. The number of anilines is 1. The summed E-state index contributed by atoms with van der Waals surface area (Å²) < 4.78 is 11.1. The van der Waals surface area contributed by atoms with Gasteiger partial charge < -0.3 is 19.7 Å². The zero-order chi connectivity index (χ0) is 16.4. The highest BCUT2D eigenvalue weighted by molar-refractivity contribution is 5.82. The molecule has 2 aromatic rings. The van der Waals surface area contributed by atoms with Crippen molar-refractivity contribution in [3.8, 4) is 11.5 Å². The fourth-order valence-corrected chi connectivity index (χ4v) is 2.67. The van der Waals surface area contributed by atoms with Crippen LogP contribution in [0.15, 0.2) is 16.9 Å². The van der Waals surface area contributed by atoms with Gasteiger partial charge in [-0.1, -0.05) is 0 Å². The molecule has 124 valence electrons. The maximum Gasteiger partial charge on any atom is 0.260 e. The van der Waals surface area contributed by atoms with E-state index in [-0.39, 0.29) is 11.7 Å². The molecule has 0 aliphatic carbocycles. The lowest BCUT2D eigenvalue weighted by Gasteiger charge is -2.27. The Balaban J connectivity index is 2.08. The van der Waals surface area contributed by atoms with Gasteiger partial charge in [-0.2, -0.15) is 0 Å². The molecule has 7 heteroatoms. The number of fused-ring (bicyclic) bond motifs is 1. The van der Waals surface area contributed by atoms with Crippen molar-refractivity contribution in [2.45, 2.75) is 20.0 Å². The molecule has 0 radical (unpaired) electrons. The highest BCUT2D eigenvalue weighted by Crippen LogP contribution is 2.31. The summed E-state index contributed by atoms with van der Waals surface area (Å²) in [5, 5.41) is 3.78. The second kappa shape index (κ2) is 6.45. The van der Waals surface area contributed by atoms with Crippen LogP contribution in [0.1, 0.15) is 13.8 Å². The van der Waals surface area contributed by atoms with Gasteiger partial charge in [0.05, 0.1) is 24.1 Å². The number of aromatic amines is 1. The van der Waals surface area contributed by atoms with E-state index in [1.54, 1.807) is 19.2 Å². The number of nitrogens with zero attached hydrogens (tertiary/aromatic N) is 2. The van der Waals surface area contributed by atoms with Gasteiger partial charge in [0.15, 0.2) is 11.5 Å². The number of hydrogen-bond donors (Lipinski definition) is 2. The highest BCUT2D eigenvalue weighted by atomic mass is 16.5. The number of ether oxygens (including phenoxy) is 2. The van der Waals surface area contributed by atoms with Gasteiger partial charge in [-0.3, -0.25) is 9.78 Å². The second-order valence-electron chi connectivity index (χ2n) is 5.81. The van der Waals surface area contributed by atoms with Crippen LogP contribution < -0.4 is 25.2 Å². The van der Waals surface area contributed by atoms with Crippen LogP contribution in [0, 0.1) is 0 Å². The highest BCUT2D eigenvalue weighted by Gasteiger charge is 2.16. The van der Waals surface area contributed by atoms with Gasteiger partial charge in [-0.15, -0.1) is 0 Å². The van der Waals surface area contributed by atoms with Crippen LogP contribution in [-0.2, 0) is 0 Å². The van der Waals surface area contributed by atoms with Crippen molar-refractivity contribution in [2.24, 2.45) is 0 Å². The number of methoxy groups -OCH3 is 1. The van der Waals surface area contributed by atoms with Crippen molar-refractivity contribution in [3.63, 3.8) is 0 Å². The molecule has 1 aromatic heterocycles. The van der Waals surface area contributed by atoms with Crippen LogP contribution in [0.4, 0.5) is 5.95 Å². The quantitative estimate of drug-likeness (QED) is 0.880. The third-order valence-corrected chi connectivity index (χ3v) is 3.76. The summed E-state index contributed by atoms with van der Waals surface area (Å²) in [6.45, 7) is 7.29. The third-order valence-electron chi connectivity index (χ3n) is 3.76. The fraction of sp³-hybridized carbons (Fsp3) is 0.500.